The molecule has 0 aliphatic carbocycles. The van der Waals surface area contributed by atoms with Crippen LogP contribution < -0.4 is 0 Å². The van der Waals surface area contributed by atoms with Gasteiger partial charge in [-0.25, -0.2) is 0 Å². The molecule has 6 nitrogen and oxygen atoms in total. The van der Waals surface area contributed by atoms with Crippen molar-refractivity contribution < 1.29 is 21.1 Å². The first-order valence-corrected chi connectivity index (χ1v) is 0. The van der Waals surface area contributed by atoms with Crippen LogP contribution in [0.1, 0.15) is 0 Å². The second-order valence-corrected chi connectivity index (χ2v) is 0. The van der Waals surface area contributed by atoms with Gasteiger partial charge in [-0.15, -0.1) is 0 Å². The fourth-order valence-electron chi connectivity index (χ4n) is 0. The van der Waals surface area contributed by atoms with E-state index in [-0.39, 0.29) is 58.0 Å². The van der Waals surface area contributed by atoms with Crippen LogP contribution in [0.4, 0.5) is 0 Å². The molecule has 0 aromatic heterocycles. The average Bonchev–Trinajstić information content (AvgIpc) is 0. The summed E-state index contributed by atoms with van der Waals surface area (Å²) < 4.78 is 0. The summed E-state index contributed by atoms with van der Waals surface area (Å²) in [4.78, 5) is 0. The summed E-state index contributed by atoms with van der Waals surface area (Å²) in [7, 11) is 0. The summed E-state index contributed by atoms with van der Waals surface area (Å²) in [5.74, 6) is 0. The Morgan fingerprint density at radius 1 is 0.286 bits per heavy atom. The van der Waals surface area contributed by atoms with Crippen LogP contribution in [0.25, 0.3) is 36.9 Å². The maximum absolute atomic E-state index is 0. The molecule has 0 aliphatic rings. The van der Waals surface area contributed by atoms with Crippen molar-refractivity contribution in [2.24, 2.45) is 0 Å². The van der Waals surface area contributed by atoms with Gasteiger partial charge in [0.05, 0.1) is 0 Å². The normalized spacial score (nSPS) is 0. The van der Waals surface area contributed by atoms with Gasteiger partial charge in [-0.05, 0) is 0 Å². The van der Waals surface area contributed by atoms with Gasteiger partial charge < -0.3 is 36.9 Å². The summed E-state index contributed by atoms with van der Waals surface area (Å²) in [5, 5.41) is 0. The molecule has 54 valence electrons. The zero-order valence-corrected chi connectivity index (χ0v) is 6.05. The van der Waals surface area contributed by atoms with E-state index in [1.165, 1.54) is 0 Å². The van der Waals surface area contributed by atoms with Crippen molar-refractivity contribution in [2.75, 3.05) is 0 Å². The van der Waals surface area contributed by atoms with Gasteiger partial charge in [0, 0.05) is 0 Å². The Hall–Kier alpha value is 0.448. The van der Waals surface area contributed by atoms with Gasteiger partial charge in [-0.3, -0.25) is 0 Å². The summed E-state index contributed by atoms with van der Waals surface area (Å²) in [6.07, 6.45) is 0. The van der Waals surface area contributed by atoms with Crippen molar-refractivity contribution in [2.45, 2.75) is 0 Å². The standard InChI is InChI=1S/6H2N.Pt/h6*1H2;/q6*-1;+4. The van der Waals surface area contributed by atoms with Crippen molar-refractivity contribution in [1.29, 1.82) is 0 Å². The number of hydrogen-bond acceptors (Lipinski definition) is 0. The molecule has 12 N–H and O–H groups in total. The van der Waals surface area contributed by atoms with Crippen LogP contribution in [-0.4, -0.2) is 0 Å². The third-order valence-electron chi connectivity index (χ3n) is 0. The molecule has 0 radical (unpaired) electrons. The van der Waals surface area contributed by atoms with Gasteiger partial charge in [-0.2, -0.15) is 0 Å². The first-order chi connectivity index (χ1) is 0. The molecule has 0 atom stereocenters. The zero-order chi connectivity index (χ0) is 0. The maximum Gasteiger partial charge on any atom is 4.00 e. The van der Waals surface area contributed by atoms with Crippen LogP contribution in [0.5, 0.6) is 0 Å². The van der Waals surface area contributed by atoms with Crippen LogP contribution in [0.3, 0.4) is 0 Å². The number of hydrogen-bond donors (Lipinski definition) is 0. The van der Waals surface area contributed by atoms with Gasteiger partial charge in [0.1, 0.15) is 0 Å². The molecule has 0 bridgehead atoms. The largest absolute Gasteiger partial charge is 4.00 e. The van der Waals surface area contributed by atoms with Gasteiger partial charge in [0.15, 0.2) is 0 Å². The molecule has 0 saturated heterocycles. The van der Waals surface area contributed by atoms with E-state index in [1.54, 1.807) is 0 Å². The van der Waals surface area contributed by atoms with Gasteiger partial charge in [0.25, 0.3) is 0 Å². The van der Waals surface area contributed by atoms with Crippen molar-refractivity contribution in [1.82, 2.24) is 0 Å². The molecule has 0 amide bonds. The van der Waals surface area contributed by atoms with E-state index in [2.05, 4.69) is 0 Å². The van der Waals surface area contributed by atoms with E-state index in [0.29, 0.717) is 0 Å². The predicted molar refractivity (Wildman–Crippen MR) is 31.7 cm³/mol. The number of rotatable bonds is 0. The topological polar surface area (TPSA) is 201 Å². The molecule has 0 unspecified atom stereocenters. The summed E-state index contributed by atoms with van der Waals surface area (Å²) in [5.41, 5.74) is 0. The van der Waals surface area contributed by atoms with Crippen molar-refractivity contribution in [3.05, 3.63) is 36.9 Å². The molecule has 7 heavy (non-hydrogen) atoms. The third kappa shape index (κ3) is 635. The monoisotopic (exact) mass is 291 g/mol. The fraction of sp³-hybridized carbons (Fsp3) is 0. The summed E-state index contributed by atoms with van der Waals surface area (Å²) in [6, 6.07) is 0. The third-order valence-corrected chi connectivity index (χ3v) is 0. The molecule has 0 heterocycles. The van der Waals surface area contributed by atoms with Crippen LogP contribution in [0.15, 0.2) is 0 Å². The van der Waals surface area contributed by atoms with Gasteiger partial charge in [0.2, 0.25) is 0 Å². The molecule has 0 aromatic carbocycles. The van der Waals surface area contributed by atoms with Crippen molar-refractivity contribution in [3.8, 4) is 0 Å². The van der Waals surface area contributed by atoms with E-state index in [0.717, 1.165) is 0 Å². The first kappa shape index (κ1) is 1540. The minimum Gasteiger partial charge on any atom is -0.693 e. The minimum atomic E-state index is 0. The Labute approximate surface area is 58.6 Å². The summed E-state index contributed by atoms with van der Waals surface area (Å²) in [6.45, 7) is 0. The van der Waals surface area contributed by atoms with E-state index in [1.807, 2.05) is 0 Å². The second kappa shape index (κ2) is 952. The molecule has 0 aliphatic heterocycles. The van der Waals surface area contributed by atoms with Gasteiger partial charge >= 0.3 is 21.1 Å². The average molecular weight is 291 g/mol. The Kier molecular flexibility index (Phi) is 210000. The second-order valence-electron chi connectivity index (χ2n) is 0. The van der Waals surface area contributed by atoms with Crippen molar-refractivity contribution >= 4 is 0 Å². The van der Waals surface area contributed by atoms with Crippen LogP contribution >= 0.6 is 0 Å². The molecular weight excluding hydrogens is 279 g/mol. The van der Waals surface area contributed by atoms with E-state index < -0.39 is 0 Å². The predicted octanol–water partition coefficient (Wildman–Crippen LogP) is 4.30. The Morgan fingerprint density at radius 3 is 0.286 bits per heavy atom. The number of nitrogens with two attached hydrogens (primary N) is 6. The summed E-state index contributed by atoms with van der Waals surface area (Å²) >= 11 is 0. The molecule has 7 heteroatoms. The quantitative estimate of drug-likeness (QED) is 0.612. The van der Waals surface area contributed by atoms with E-state index in [4.69, 9.17) is 0 Å². The maximum atomic E-state index is 0. The molecule has 0 saturated carbocycles. The smallest absolute Gasteiger partial charge is 0.693 e. The molecule has 0 rings (SSSR count). The SMILES string of the molecule is [NH2-].[NH2-].[NH2-].[NH2-].[NH2-].[NH2-].[Pt+4]. The van der Waals surface area contributed by atoms with Crippen LogP contribution in [0.2, 0.25) is 0 Å². The molecule has 0 fully saturated rings. The first-order valence-electron chi connectivity index (χ1n) is 0. The molecule has 0 aromatic rings. The Morgan fingerprint density at radius 2 is 0.286 bits per heavy atom. The van der Waals surface area contributed by atoms with Crippen LogP contribution in [-0.2, 0) is 21.1 Å². The zero-order valence-electron chi connectivity index (χ0n) is 3.78. The molecule has 0 spiro atoms. The minimum absolute atomic E-state index is 0. The molecular formula is H12N6Pt-2. The van der Waals surface area contributed by atoms with Crippen LogP contribution in [0, 0.1) is 0 Å². The Bertz CT molecular complexity index is 4.14. The Balaban J connectivity index is 0. The van der Waals surface area contributed by atoms with Crippen molar-refractivity contribution in [3.63, 3.8) is 0 Å². The van der Waals surface area contributed by atoms with E-state index in [9.17, 15) is 0 Å². The van der Waals surface area contributed by atoms with Gasteiger partial charge in [-0.1, -0.05) is 0 Å². The van der Waals surface area contributed by atoms with E-state index >= 15 is 0 Å². The fourth-order valence-corrected chi connectivity index (χ4v) is 0.